The van der Waals surface area contributed by atoms with Crippen molar-refractivity contribution in [1.82, 2.24) is 14.1 Å². The Balaban J connectivity index is 1.51. The number of hydrogen-bond acceptors (Lipinski definition) is 5. The number of amides is 2. The van der Waals surface area contributed by atoms with Gasteiger partial charge in [-0.2, -0.15) is 0 Å². The molecule has 1 aliphatic carbocycles. The first-order chi connectivity index (χ1) is 12.2. The third kappa shape index (κ3) is 2.87. The maximum Gasteiger partial charge on any atom is 0.246 e. The second-order valence-corrected chi connectivity index (χ2v) is 10.4. The molecule has 4 rings (SSSR count). The van der Waals surface area contributed by atoms with Gasteiger partial charge in [-0.25, -0.2) is 12.7 Å². The maximum atomic E-state index is 13.0. The van der Waals surface area contributed by atoms with Crippen molar-refractivity contribution in [3.8, 4) is 0 Å². The van der Waals surface area contributed by atoms with Gasteiger partial charge < -0.3 is 9.80 Å². The van der Waals surface area contributed by atoms with Crippen LogP contribution in [0.25, 0.3) is 0 Å². The van der Waals surface area contributed by atoms with E-state index in [2.05, 4.69) is 4.90 Å². The Kier molecular flexibility index (Phi) is 4.19. The Morgan fingerprint density at radius 2 is 1.92 bits per heavy atom. The van der Waals surface area contributed by atoms with Gasteiger partial charge in [0.1, 0.15) is 0 Å². The monoisotopic (exact) mass is 381 g/mol. The quantitative estimate of drug-likeness (QED) is 0.693. The molecule has 0 aromatic rings. The van der Waals surface area contributed by atoms with Gasteiger partial charge in [0, 0.05) is 26.2 Å². The molecule has 8 heteroatoms. The molecule has 3 fully saturated rings. The van der Waals surface area contributed by atoms with Crippen LogP contribution in [0.4, 0.5) is 0 Å². The Hall–Kier alpha value is -1.41. The van der Waals surface area contributed by atoms with Crippen LogP contribution in [0.2, 0.25) is 0 Å². The maximum absolute atomic E-state index is 13.0. The van der Waals surface area contributed by atoms with Crippen molar-refractivity contribution < 1.29 is 18.0 Å². The first kappa shape index (κ1) is 18.0. The van der Waals surface area contributed by atoms with E-state index in [-0.39, 0.29) is 17.7 Å². The molecule has 0 bridgehead atoms. The van der Waals surface area contributed by atoms with Crippen molar-refractivity contribution in [2.45, 2.75) is 32.7 Å². The van der Waals surface area contributed by atoms with Crippen LogP contribution in [0.15, 0.2) is 11.8 Å². The summed E-state index contributed by atoms with van der Waals surface area (Å²) in [5.41, 5.74) is 0.471. The summed E-state index contributed by atoms with van der Waals surface area (Å²) in [6.45, 7) is 6.86. The first-order valence-corrected chi connectivity index (χ1v) is 11.3. The molecule has 0 spiro atoms. The number of nitrogens with zero attached hydrogens (tertiary/aromatic N) is 3. The van der Waals surface area contributed by atoms with E-state index < -0.39 is 27.9 Å². The van der Waals surface area contributed by atoms with Gasteiger partial charge in [0.15, 0.2) is 0 Å². The van der Waals surface area contributed by atoms with Crippen molar-refractivity contribution in [3.05, 3.63) is 11.8 Å². The fourth-order valence-corrected chi connectivity index (χ4v) is 5.59. The number of carbonyl (C=O) groups is 2. The lowest BCUT2D eigenvalue weighted by Crippen LogP contribution is -2.56. The number of fused-ring (bicyclic) bond motifs is 1. The molecule has 144 valence electrons. The van der Waals surface area contributed by atoms with Crippen LogP contribution in [-0.4, -0.2) is 72.8 Å². The molecule has 7 nitrogen and oxygen atoms in total. The third-order valence-electron chi connectivity index (χ3n) is 6.05. The van der Waals surface area contributed by atoms with Gasteiger partial charge in [-0.05, 0) is 30.8 Å². The lowest BCUT2D eigenvalue weighted by atomic mass is 9.88. The second-order valence-electron chi connectivity index (χ2n) is 8.56. The van der Waals surface area contributed by atoms with Crippen LogP contribution >= 0.6 is 0 Å². The van der Waals surface area contributed by atoms with Gasteiger partial charge in [0.05, 0.1) is 29.8 Å². The average Bonchev–Trinajstić information content (AvgIpc) is 3.13. The van der Waals surface area contributed by atoms with Crippen LogP contribution in [-0.2, 0) is 19.6 Å². The minimum atomic E-state index is -3.68. The number of likely N-dealkylation sites (tertiary alicyclic amines) is 1. The summed E-state index contributed by atoms with van der Waals surface area (Å²) in [6.07, 6.45) is 5.40. The van der Waals surface area contributed by atoms with Gasteiger partial charge in [-0.3, -0.25) is 9.59 Å². The van der Waals surface area contributed by atoms with Gasteiger partial charge in [-0.15, -0.1) is 0 Å². The minimum Gasteiger partial charge on any atom is -0.329 e. The summed E-state index contributed by atoms with van der Waals surface area (Å²) in [4.78, 5) is 29.9. The van der Waals surface area contributed by atoms with Gasteiger partial charge in [0.2, 0.25) is 21.8 Å². The van der Waals surface area contributed by atoms with Crippen molar-refractivity contribution >= 4 is 21.8 Å². The van der Waals surface area contributed by atoms with Crippen molar-refractivity contribution in [3.63, 3.8) is 0 Å². The minimum absolute atomic E-state index is 0.0308. The highest BCUT2D eigenvalue weighted by Gasteiger charge is 2.55. The SMILES string of the molecule is CC(C)[C@H]1C(=O)N(S(C)(=O)=O)C2=CCN(C(=O)C3CN(CC4CC4)C3)[C@@H]21. The third-order valence-corrected chi connectivity index (χ3v) is 7.10. The number of hydrogen-bond donors (Lipinski definition) is 0. The Bertz CT molecular complexity index is 765. The van der Waals surface area contributed by atoms with E-state index >= 15 is 0 Å². The van der Waals surface area contributed by atoms with Crippen LogP contribution in [0.1, 0.15) is 26.7 Å². The summed E-state index contributed by atoms with van der Waals surface area (Å²) in [5, 5.41) is 0. The highest BCUT2D eigenvalue weighted by molar-refractivity contribution is 7.89. The van der Waals surface area contributed by atoms with E-state index in [1.807, 2.05) is 13.8 Å². The number of rotatable bonds is 5. The second kappa shape index (κ2) is 6.05. The molecule has 0 N–H and O–H groups in total. The largest absolute Gasteiger partial charge is 0.329 e. The molecule has 2 atom stereocenters. The Morgan fingerprint density at radius 1 is 1.27 bits per heavy atom. The standard InChI is InChI=1S/C18H27N3O4S/c1-11(2)15-16-14(21(18(15)23)26(3,24)25)6-7-20(16)17(22)13-9-19(10-13)8-12-4-5-12/h6,11-13,15-16H,4-5,7-10H2,1-3H3/t15-,16+/m1/s1. The smallest absolute Gasteiger partial charge is 0.246 e. The lowest BCUT2D eigenvalue weighted by molar-refractivity contribution is -0.143. The predicted molar refractivity (Wildman–Crippen MR) is 96.3 cm³/mol. The van der Waals surface area contributed by atoms with Crippen LogP contribution in [0.3, 0.4) is 0 Å². The molecule has 0 aromatic heterocycles. The molecular formula is C18H27N3O4S. The summed E-state index contributed by atoms with van der Waals surface area (Å²) >= 11 is 0. The van der Waals surface area contributed by atoms with E-state index in [0.29, 0.717) is 12.2 Å². The average molecular weight is 381 g/mol. The predicted octanol–water partition coefficient (Wildman–Crippen LogP) is 0.497. The summed E-state index contributed by atoms with van der Waals surface area (Å²) in [6, 6.07) is -0.442. The molecule has 0 radical (unpaired) electrons. The van der Waals surface area contributed by atoms with Crippen LogP contribution in [0, 0.1) is 23.7 Å². The topological polar surface area (TPSA) is 78.0 Å². The van der Waals surface area contributed by atoms with Gasteiger partial charge in [-0.1, -0.05) is 13.8 Å². The van der Waals surface area contributed by atoms with Crippen molar-refractivity contribution in [1.29, 1.82) is 0 Å². The zero-order valence-corrected chi connectivity index (χ0v) is 16.4. The first-order valence-electron chi connectivity index (χ1n) is 9.45. The zero-order valence-electron chi connectivity index (χ0n) is 15.6. The molecule has 4 aliphatic rings. The molecule has 0 aromatic carbocycles. The molecule has 0 unspecified atom stereocenters. The molecular weight excluding hydrogens is 354 g/mol. The van der Waals surface area contributed by atoms with E-state index in [4.69, 9.17) is 0 Å². The van der Waals surface area contributed by atoms with Crippen molar-refractivity contribution in [2.75, 3.05) is 32.4 Å². The van der Waals surface area contributed by atoms with Crippen molar-refractivity contribution in [2.24, 2.45) is 23.7 Å². The Morgan fingerprint density at radius 3 is 2.46 bits per heavy atom. The molecule has 2 amide bonds. The zero-order chi connectivity index (χ0) is 18.8. The van der Waals surface area contributed by atoms with E-state index in [0.717, 1.165) is 36.1 Å². The van der Waals surface area contributed by atoms with E-state index in [1.54, 1.807) is 11.0 Å². The molecule has 26 heavy (non-hydrogen) atoms. The summed E-state index contributed by atoms with van der Waals surface area (Å²) < 4.78 is 25.2. The fraction of sp³-hybridized carbons (Fsp3) is 0.778. The van der Waals surface area contributed by atoms with Gasteiger partial charge in [0.25, 0.3) is 0 Å². The molecule has 1 saturated carbocycles. The summed E-state index contributed by atoms with van der Waals surface area (Å²) in [5.74, 6) is -0.0971. The molecule has 2 saturated heterocycles. The van der Waals surface area contributed by atoms with E-state index in [1.165, 1.54) is 12.8 Å². The molecule has 3 aliphatic heterocycles. The van der Waals surface area contributed by atoms with Crippen LogP contribution < -0.4 is 0 Å². The highest BCUT2D eigenvalue weighted by Crippen LogP contribution is 2.42. The van der Waals surface area contributed by atoms with Gasteiger partial charge >= 0.3 is 0 Å². The highest BCUT2D eigenvalue weighted by atomic mass is 32.2. The molecule has 3 heterocycles. The summed E-state index contributed by atoms with van der Waals surface area (Å²) in [7, 11) is -3.68. The number of carbonyl (C=O) groups excluding carboxylic acids is 2. The van der Waals surface area contributed by atoms with Crippen LogP contribution in [0.5, 0.6) is 0 Å². The normalized spacial score (nSPS) is 30.0. The Labute approximate surface area is 155 Å². The lowest BCUT2D eigenvalue weighted by Gasteiger charge is -2.41. The number of sulfonamides is 1. The van der Waals surface area contributed by atoms with E-state index in [9.17, 15) is 18.0 Å². The fourth-order valence-electron chi connectivity index (χ4n) is 4.57.